The molecule has 1 aliphatic rings. The molecule has 0 spiro atoms. The molecule has 0 saturated heterocycles. The van der Waals surface area contributed by atoms with Gasteiger partial charge in [0.15, 0.2) is 0 Å². The van der Waals surface area contributed by atoms with Crippen LogP contribution in [0.4, 0.5) is 5.69 Å². The molecule has 230 valence electrons. The predicted octanol–water partition coefficient (Wildman–Crippen LogP) is 9.56. The van der Waals surface area contributed by atoms with Gasteiger partial charge in [0.05, 0.1) is 12.2 Å². The monoisotopic (exact) mass is 773 g/mol. The minimum Gasteiger partial charge on any atom is -0.514 e. The van der Waals surface area contributed by atoms with Crippen molar-refractivity contribution in [2.45, 2.75) is 59.4 Å². The molecule has 45 heavy (non-hydrogen) atoms. The fourth-order valence-corrected chi connectivity index (χ4v) is 5.54. The molecule has 0 bridgehead atoms. The van der Waals surface area contributed by atoms with Gasteiger partial charge in [-0.05, 0) is 54.6 Å². The fourth-order valence-electron chi connectivity index (χ4n) is 5.54. The van der Waals surface area contributed by atoms with Crippen molar-refractivity contribution >= 4 is 34.0 Å². The number of fused-ring (bicyclic) bond motifs is 3. The normalized spacial score (nSPS) is 12.8. The average Bonchev–Trinajstić information content (AvgIpc) is 3.80. The summed E-state index contributed by atoms with van der Waals surface area (Å²) in [7, 11) is 0. The second kappa shape index (κ2) is 13.8. The summed E-state index contributed by atoms with van der Waals surface area (Å²) in [6.07, 6.45) is 5.75. The van der Waals surface area contributed by atoms with Crippen molar-refractivity contribution in [3.8, 4) is 17.1 Å². The summed E-state index contributed by atoms with van der Waals surface area (Å²) >= 11 is 0. The summed E-state index contributed by atoms with van der Waals surface area (Å²) in [4.78, 5) is 6.65. The van der Waals surface area contributed by atoms with E-state index >= 15 is 0 Å². The number of furan rings is 1. The number of imidazole rings is 1. The maximum atomic E-state index is 6.01. The largest absolute Gasteiger partial charge is 3.00 e. The zero-order valence-corrected chi connectivity index (χ0v) is 28.9. The minimum absolute atomic E-state index is 0. The van der Waals surface area contributed by atoms with Gasteiger partial charge < -0.3 is 18.9 Å². The van der Waals surface area contributed by atoms with Crippen LogP contribution in [-0.2, 0) is 20.1 Å². The van der Waals surface area contributed by atoms with Gasteiger partial charge in [-0.1, -0.05) is 69.5 Å². The summed E-state index contributed by atoms with van der Waals surface area (Å²) < 4.78 is 8.23. The third-order valence-corrected chi connectivity index (χ3v) is 7.87. The van der Waals surface area contributed by atoms with Crippen molar-refractivity contribution in [3.63, 3.8) is 0 Å². The predicted molar refractivity (Wildman–Crippen MR) is 181 cm³/mol. The molecule has 0 fully saturated rings. The van der Waals surface area contributed by atoms with Gasteiger partial charge in [-0.3, -0.25) is 4.98 Å². The Morgan fingerprint density at radius 1 is 0.778 bits per heavy atom. The smallest absolute Gasteiger partial charge is 0.514 e. The second-order valence-corrected chi connectivity index (χ2v) is 11.9. The first kappa shape index (κ1) is 32.2. The van der Waals surface area contributed by atoms with Crippen LogP contribution in [0.5, 0.6) is 0 Å². The van der Waals surface area contributed by atoms with Gasteiger partial charge in [0, 0.05) is 29.1 Å². The van der Waals surface area contributed by atoms with Crippen LogP contribution in [0.3, 0.4) is 0 Å². The third kappa shape index (κ3) is 6.47. The van der Waals surface area contributed by atoms with E-state index in [0.717, 1.165) is 39.0 Å². The molecule has 1 aliphatic heterocycles. The van der Waals surface area contributed by atoms with E-state index in [4.69, 9.17) is 4.42 Å². The Bertz CT molecular complexity index is 1880. The second-order valence-electron chi connectivity index (χ2n) is 11.9. The molecule has 3 heterocycles. The number of nitrogens with zero attached hydrogens (tertiary/aromatic N) is 5. The molecule has 0 N–H and O–H groups in total. The molecular weight excluding hydrogens is 735 g/mol. The molecule has 6 nitrogen and oxygen atoms in total. The average molecular weight is 773 g/mol. The molecule has 4 aromatic carbocycles. The Labute approximate surface area is 279 Å². The molecule has 6 aromatic rings. The van der Waals surface area contributed by atoms with Crippen LogP contribution in [0, 0.1) is 18.8 Å². The molecule has 7 rings (SSSR count). The minimum atomic E-state index is 0. The Morgan fingerprint density at radius 3 is 2.18 bits per heavy atom. The summed E-state index contributed by atoms with van der Waals surface area (Å²) in [6.45, 7) is 15.2. The van der Waals surface area contributed by atoms with E-state index in [1.807, 2.05) is 72.7 Å². The number of benzene rings is 4. The van der Waals surface area contributed by atoms with E-state index in [-0.39, 0.29) is 20.1 Å². The first-order valence-corrected chi connectivity index (χ1v) is 15.2. The van der Waals surface area contributed by atoms with E-state index in [2.05, 4.69) is 110 Å². The summed E-state index contributed by atoms with van der Waals surface area (Å²) in [6, 6.07) is 33.5. The zero-order chi connectivity index (χ0) is 30.8. The van der Waals surface area contributed by atoms with Gasteiger partial charge in [0.2, 0.25) is 0 Å². The van der Waals surface area contributed by atoms with Gasteiger partial charge in [-0.2, -0.15) is 23.3 Å². The van der Waals surface area contributed by atoms with Gasteiger partial charge in [0.25, 0.3) is 0 Å². The molecule has 0 radical (unpaired) electrons. The Hall–Kier alpha value is -4.19. The number of hydrazone groups is 1. The summed E-state index contributed by atoms with van der Waals surface area (Å²) in [5.41, 5.74) is 7.53. The van der Waals surface area contributed by atoms with E-state index in [9.17, 15) is 0 Å². The van der Waals surface area contributed by atoms with Gasteiger partial charge in [-0.25, -0.2) is 0 Å². The molecular formula is C38H38IrN5O. The van der Waals surface area contributed by atoms with Crippen LogP contribution in [-0.4, -0.2) is 26.8 Å². The van der Waals surface area contributed by atoms with E-state index in [1.54, 1.807) is 0 Å². The van der Waals surface area contributed by atoms with Crippen LogP contribution in [0.15, 0.2) is 101 Å². The van der Waals surface area contributed by atoms with Crippen LogP contribution in [0.25, 0.3) is 39.0 Å². The van der Waals surface area contributed by atoms with Crippen molar-refractivity contribution in [2.24, 2.45) is 5.10 Å². The number of hydrogen-bond acceptors (Lipinski definition) is 5. The Balaban J connectivity index is 0.000000174. The zero-order valence-electron chi connectivity index (χ0n) is 26.5. The molecule has 0 unspecified atom stereocenters. The van der Waals surface area contributed by atoms with E-state index < -0.39 is 0 Å². The van der Waals surface area contributed by atoms with Crippen molar-refractivity contribution in [1.82, 2.24) is 14.5 Å². The van der Waals surface area contributed by atoms with Crippen LogP contribution in [0.1, 0.15) is 64.5 Å². The van der Waals surface area contributed by atoms with Gasteiger partial charge in [-0.15, -0.1) is 42.6 Å². The molecule has 0 atom stereocenters. The van der Waals surface area contributed by atoms with Crippen LogP contribution in [0.2, 0.25) is 0 Å². The quantitative estimate of drug-likeness (QED) is 0.158. The number of aromatic nitrogens is 2. The molecule has 7 heteroatoms. The van der Waals surface area contributed by atoms with E-state index in [0.29, 0.717) is 17.9 Å². The molecule has 0 amide bonds. The molecule has 0 aliphatic carbocycles. The topological polar surface area (TPSA) is 49.8 Å². The Kier molecular flexibility index (Phi) is 9.91. The number of hydrogen-bond donors (Lipinski definition) is 0. The first-order valence-electron chi connectivity index (χ1n) is 15.2. The fraction of sp³-hybridized carbons (Fsp3) is 0.237. The standard InChI is InChI=1S/C21H23N2.C17H15N3O.Ir/c1-15(2)18-11-8-12-19(16(3)4)20(18)23-14-13-22-21(23)17-9-6-5-7-10-17;1-12(2)19-10-18-20(11-19)15-8-5-7-14-13-6-3-4-9-16(13)21-17(14)15;/h5-9,11-16H,1-4H3;3-7,9-12H,1-2H3;/q-1;-2;+3. The van der Waals surface area contributed by atoms with Crippen molar-refractivity contribution in [2.75, 3.05) is 5.01 Å². The third-order valence-electron chi connectivity index (χ3n) is 7.87. The first-order chi connectivity index (χ1) is 21.3. The number of rotatable bonds is 6. The summed E-state index contributed by atoms with van der Waals surface area (Å²) in [5, 5.41) is 8.43. The van der Waals surface area contributed by atoms with Crippen LogP contribution < -0.4 is 5.01 Å². The van der Waals surface area contributed by atoms with E-state index in [1.165, 1.54) is 16.8 Å². The van der Waals surface area contributed by atoms with Crippen LogP contribution >= 0.6 is 0 Å². The molecule has 0 saturated carbocycles. The summed E-state index contributed by atoms with van der Waals surface area (Å²) in [5.74, 6) is 1.86. The SMILES string of the molecule is CC(C)N1C=NN(c2[c-]ccc3c2oc2ccccc23)[CH-]1.CC(C)c1cccc(C(C)C)c1-n1ccnc1-c1[c-]cccc1.[Ir+3]. The van der Waals surface area contributed by atoms with Gasteiger partial charge >= 0.3 is 20.1 Å². The molecule has 2 aromatic heterocycles. The maximum absolute atomic E-state index is 6.01. The maximum Gasteiger partial charge on any atom is 3.00 e. The van der Waals surface area contributed by atoms with Crippen molar-refractivity contribution in [3.05, 3.63) is 121 Å². The number of anilines is 1. The number of para-hydroxylation sites is 2. The van der Waals surface area contributed by atoms with Crippen molar-refractivity contribution in [1.29, 1.82) is 0 Å². The Morgan fingerprint density at radius 2 is 1.51 bits per heavy atom. The van der Waals surface area contributed by atoms with Crippen molar-refractivity contribution < 1.29 is 24.5 Å². The van der Waals surface area contributed by atoms with Gasteiger partial charge in [0.1, 0.15) is 5.58 Å².